The van der Waals surface area contributed by atoms with E-state index >= 15 is 0 Å². The van der Waals surface area contributed by atoms with Crippen LogP contribution in [-0.4, -0.2) is 48.5 Å². The summed E-state index contributed by atoms with van der Waals surface area (Å²) in [4.78, 5) is 2.39. The molecule has 76 valence electrons. The number of aliphatic hydroxyl groups excluding tert-OH is 1. The second-order valence-electron chi connectivity index (χ2n) is 4.21. The molecule has 0 spiro atoms. The third-order valence-corrected chi connectivity index (χ3v) is 3.38. The highest BCUT2D eigenvalue weighted by Crippen LogP contribution is 2.28. The average Bonchev–Trinajstić information content (AvgIpc) is 2.71. The summed E-state index contributed by atoms with van der Waals surface area (Å²) in [5.74, 6) is 0. The summed E-state index contributed by atoms with van der Waals surface area (Å²) >= 11 is 0. The molecule has 1 aliphatic carbocycles. The molecule has 1 aliphatic heterocycles. The number of hydrogen-bond donors (Lipinski definition) is 1. The van der Waals surface area contributed by atoms with Crippen LogP contribution in [0.4, 0.5) is 0 Å². The van der Waals surface area contributed by atoms with E-state index in [1.807, 2.05) is 0 Å². The van der Waals surface area contributed by atoms with Crippen LogP contribution in [0, 0.1) is 0 Å². The molecule has 0 radical (unpaired) electrons. The Morgan fingerprint density at radius 1 is 1.31 bits per heavy atom. The van der Waals surface area contributed by atoms with Crippen molar-refractivity contribution < 1.29 is 9.84 Å². The van der Waals surface area contributed by atoms with Crippen LogP contribution in [0.3, 0.4) is 0 Å². The van der Waals surface area contributed by atoms with Crippen molar-refractivity contribution in [2.75, 3.05) is 20.2 Å². The summed E-state index contributed by atoms with van der Waals surface area (Å²) in [6, 6.07) is 0.571. The normalized spacial score (nSPS) is 41.5. The van der Waals surface area contributed by atoms with Gasteiger partial charge in [0, 0.05) is 26.2 Å². The second kappa shape index (κ2) is 3.95. The third-order valence-electron chi connectivity index (χ3n) is 3.38. The molecule has 0 bridgehead atoms. The average molecular weight is 185 g/mol. The quantitative estimate of drug-likeness (QED) is 0.684. The van der Waals surface area contributed by atoms with E-state index in [4.69, 9.17) is 4.74 Å². The molecule has 0 aromatic carbocycles. The van der Waals surface area contributed by atoms with E-state index in [1.165, 1.54) is 19.3 Å². The maximum Gasteiger partial charge on any atom is 0.0726 e. The maximum atomic E-state index is 9.44. The predicted octanol–water partition coefficient (Wildman–Crippen LogP) is 0.620. The Bertz CT molecular complexity index is 174. The fraction of sp³-hybridized carbons (Fsp3) is 1.00. The number of methoxy groups -OCH3 is 1. The Balaban J connectivity index is 1.92. The zero-order valence-electron chi connectivity index (χ0n) is 8.28. The molecule has 1 saturated carbocycles. The number of ether oxygens (including phenoxy) is 1. The topological polar surface area (TPSA) is 32.7 Å². The molecule has 1 heterocycles. The van der Waals surface area contributed by atoms with Crippen LogP contribution in [0.5, 0.6) is 0 Å². The Morgan fingerprint density at radius 2 is 2.15 bits per heavy atom. The number of likely N-dealkylation sites (tertiary alicyclic amines) is 1. The van der Waals surface area contributed by atoms with Gasteiger partial charge in [0.1, 0.15) is 0 Å². The van der Waals surface area contributed by atoms with Crippen molar-refractivity contribution in [2.24, 2.45) is 0 Å². The Morgan fingerprint density at radius 3 is 2.77 bits per heavy atom. The summed E-state index contributed by atoms with van der Waals surface area (Å²) in [6.45, 7) is 1.90. The summed E-state index contributed by atoms with van der Waals surface area (Å²) < 4.78 is 5.45. The van der Waals surface area contributed by atoms with Crippen LogP contribution in [-0.2, 0) is 4.74 Å². The highest BCUT2D eigenvalue weighted by Gasteiger charge is 2.35. The monoisotopic (exact) mass is 185 g/mol. The largest absolute Gasteiger partial charge is 0.392 e. The van der Waals surface area contributed by atoms with Crippen LogP contribution >= 0.6 is 0 Å². The molecule has 2 unspecified atom stereocenters. The van der Waals surface area contributed by atoms with Crippen LogP contribution in [0.25, 0.3) is 0 Å². The lowest BCUT2D eigenvalue weighted by Crippen LogP contribution is -2.40. The summed E-state index contributed by atoms with van der Waals surface area (Å²) in [6.07, 6.45) is 4.95. The molecule has 2 rings (SSSR count). The summed E-state index contributed by atoms with van der Waals surface area (Å²) in [5, 5.41) is 9.44. The SMILES string of the molecule is COC1CCCC1N1CC[C@@H](O)C1. The first kappa shape index (κ1) is 9.44. The standard InChI is InChI=1S/C10H19NO2/c1-13-10-4-2-3-9(10)11-6-5-8(12)7-11/h8-10,12H,2-7H2,1H3/t8-,9?,10?/m1/s1. The highest BCUT2D eigenvalue weighted by atomic mass is 16.5. The fourth-order valence-corrected chi connectivity index (χ4v) is 2.67. The molecule has 3 heteroatoms. The number of rotatable bonds is 2. The van der Waals surface area contributed by atoms with Crippen LogP contribution in [0.1, 0.15) is 25.7 Å². The molecule has 13 heavy (non-hydrogen) atoms. The Labute approximate surface area is 79.7 Å². The van der Waals surface area contributed by atoms with E-state index in [0.29, 0.717) is 12.1 Å². The molecular weight excluding hydrogens is 166 g/mol. The molecule has 3 atom stereocenters. The minimum Gasteiger partial charge on any atom is -0.392 e. The predicted molar refractivity (Wildman–Crippen MR) is 50.6 cm³/mol. The van der Waals surface area contributed by atoms with Gasteiger partial charge in [0.05, 0.1) is 12.2 Å². The molecule has 2 fully saturated rings. The van der Waals surface area contributed by atoms with Crippen molar-refractivity contribution in [3.05, 3.63) is 0 Å². The molecule has 0 amide bonds. The molecule has 2 aliphatic rings. The number of nitrogens with zero attached hydrogens (tertiary/aromatic N) is 1. The molecule has 0 aromatic rings. The zero-order chi connectivity index (χ0) is 9.26. The molecule has 1 N–H and O–H groups in total. The van der Waals surface area contributed by atoms with Gasteiger partial charge >= 0.3 is 0 Å². The van der Waals surface area contributed by atoms with Crippen molar-refractivity contribution in [3.8, 4) is 0 Å². The van der Waals surface area contributed by atoms with Gasteiger partial charge in [0.15, 0.2) is 0 Å². The minimum absolute atomic E-state index is 0.0990. The maximum absolute atomic E-state index is 9.44. The minimum atomic E-state index is -0.0990. The van der Waals surface area contributed by atoms with Gasteiger partial charge in [-0.15, -0.1) is 0 Å². The zero-order valence-corrected chi connectivity index (χ0v) is 8.28. The number of hydrogen-bond acceptors (Lipinski definition) is 3. The van der Waals surface area contributed by atoms with Gasteiger partial charge in [-0.2, -0.15) is 0 Å². The first-order valence-corrected chi connectivity index (χ1v) is 5.26. The van der Waals surface area contributed by atoms with Gasteiger partial charge in [0.2, 0.25) is 0 Å². The summed E-state index contributed by atoms with van der Waals surface area (Å²) in [7, 11) is 1.80. The number of β-amino-alcohol motifs (C(OH)–C–C–N with tert-alkyl or cyclic N) is 1. The van der Waals surface area contributed by atoms with Gasteiger partial charge in [-0.1, -0.05) is 0 Å². The lowest BCUT2D eigenvalue weighted by molar-refractivity contribution is 0.0371. The molecule has 3 nitrogen and oxygen atoms in total. The van der Waals surface area contributed by atoms with Crippen molar-refractivity contribution in [3.63, 3.8) is 0 Å². The fourth-order valence-electron chi connectivity index (χ4n) is 2.67. The lowest BCUT2D eigenvalue weighted by atomic mass is 10.2. The molecule has 0 aromatic heterocycles. The lowest BCUT2D eigenvalue weighted by Gasteiger charge is -2.28. The third kappa shape index (κ3) is 1.87. The first-order chi connectivity index (χ1) is 6.31. The van der Waals surface area contributed by atoms with Gasteiger partial charge in [-0.05, 0) is 25.7 Å². The number of aliphatic hydroxyl groups is 1. The highest BCUT2D eigenvalue weighted by molar-refractivity contribution is 4.90. The summed E-state index contributed by atoms with van der Waals surface area (Å²) in [5.41, 5.74) is 0. The van der Waals surface area contributed by atoms with Gasteiger partial charge in [0.25, 0.3) is 0 Å². The van der Waals surface area contributed by atoms with Gasteiger partial charge in [-0.25, -0.2) is 0 Å². The van der Waals surface area contributed by atoms with E-state index in [1.54, 1.807) is 7.11 Å². The van der Waals surface area contributed by atoms with Gasteiger partial charge < -0.3 is 9.84 Å². The van der Waals surface area contributed by atoms with Crippen molar-refractivity contribution >= 4 is 0 Å². The van der Waals surface area contributed by atoms with Crippen molar-refractivity contribution in [2.45, 2.75) is 43.9 Å². The van der Waals surface area contributed by atoms with E-state index in [0.717, 1.165) is 19.5 Å². The molecular formula is C10H19NO2. The van der Waals surface area contributed by atoms with E-state index in [2.05, 4.69) is 4.90 Å². The van der Waals surface area contributed by atoms with Crippen LogP contribution in [0.15, 0.2) is 0 Å². The smallest absolute Gasteiger partial charge is 0.0726 e. The Hall–Kier alpha value is -0.120. The van der Waals surface area contributed by atoms with Crippen molar-refractivity contribution in [1.82, 2.24) is 4.90 Å². The van der Waals surface area contributed by atoms with E-state index in [9.17, 15) is 5.11 Å². The Kier molecular flexibility index (Phi) is 2.86. The van der Waals surface area contributed by atoms with Crippen molar-refractivity contribution in [1.29, 1.82) is 0 Å². The van der Waals surface area contributed by atoms with Gasteiger partial charge in [-0.3, -0.25) is 4.90 Å². The van der Waals surface area contributed by atoms with E-state index in [-0.39, 0.29) is 6.10 Å². The van der Waals surface area contributed by atoms with Crippen LogP contribution in [0.2, 0.25) is 0 Å². The first-order valence-electron chi connectivity index (χ1n) is 5.26. The van der Waals surface area contributed by atoms with E-state index < -0.39 is 0 Å². The van der Waals surface area contributed by atoms with Crippen LogP contribution < -0.4 is 0 Å². The molecule has 1 saturated heterocycles. The second-order valence-corrected chi connectivity index (χ2v) is 4.21.